The zero-order valence-corrected chi connectivity index (χ0v) is 11.4. The van der Waals surface area contributed by atoms with Gasteiger partial charge in [-0.1, -0.05) is 11.6 Å². The van der Waals surface area contributed by atoms with Gasteiger partial charge in [0.25, 0.3) is 0 Å². The molecule has 0 radical (unpaired) electrons. The molecule has 0 bridgehead atoms. The van der Waals surface area contributed by atoms with Crippen LogP contribution >= 0.6 is 22.9 Å². The maximum atomic E-state index is 13.0. The molecule has 5 heteroatoms. The maximum Gasteiger partial charge on any atom is 0.145 e. The quantitative estimate of drug-likeness (QED) is 0.924. The molecule has 1 unspecified atom stereocenters. The molecule has 96 valence electrons. The van der Waals surface area contributed by atoms with Gasteiger partial charge in [-0.05, 0) is 31.2 Å². The molecule has 1 heterocycles. The molecule has 0 fully saturated rings. The zero-order chi connectivity index (χ0) is 13.1. The van der Waals surface area contributed by atoms with Crippen LogP contribution in [0, 0.1) is 12.7 Å². The molecule has 0 aliphatic carbocycles. The summed E-state index contributed by atoms with van der Waals surface area (Å²) < 4.78 is 18.8. The van der Waals surface area contributed by atoms with E-state index in [1.54, 1.807) is 17.4 Å². The van der Waals surface area contributed by atoms with E-state index in [0.717, 1.165) is 4.88 Å². The second-order valence-electron chi connectivity index (χ2n) is 3.87. The number of aryl methyl sites for hydroxylation is 1. The molecule has 2 nitrogen and oxygen atoms in total. The Kier molecular flexibility index (Phi) is 4.22. The van der Waals surface area contributed by atoms with Crippen LogP contribution in [0.2, 0.25) is 5.02 Å². The summed E-state index contributed by atoms with van der Waals surface area (Å²) in [4.78, 5) is 2.25. The number of halogens is 2. The molecular formula is C13H13ClFNOS. The first-order valence-electron chi connectivity index (χ1n) is 5.48. The highest BCUT2D eigenvalue weighted by Gasteiger charge is 2.14. The third kappa shape index (κ3) is 3.02. The number of hydrogen-bond acceptors (Lipinski definition) is 3. The van der Waals surface area contributed by atoms with Crippen molar-refractivity contribution in [1.82, 2.24) is 0 Å². The van der Waals surface area contributed by atoms with Crippen molar-refractivity contribution in [3.05, 3.63) is 50.9 Å². The monoisotopic (exact) mass is 285 g/mol. The van der Waals surface area contributed by atoms with Crippen LogP contribution in [-0.4, -0.2) is 6.54 Å². The Labute approximate surface area is 114 Å². The average Bonchev–Trinajstić information content (AvgIpc) is 2.77. The summed E-state index contributed by atoms with van der Waals surface area (Å²) >= 11 is 7.34. The van der Waals surface area contributed by atoms with Gasteiger partial charge in [-0.3, -0.25) is 0 Å². The van der Waals surface area contributed by atoms with Gasteiger partial charge >= 0.3 is 0 Å². The molecule has 1 aromatic heterocycles. The summed E-state index contributed by atoms with van der Waals surface area (Å²) in [6.45, 7) is 2.38. The Bertz CT molecular complexity index is 544. The lowest BCUT2D eigenvalue weighted by Gasteiger charge is -2.16. The largest absolute Gasteiger partial charge is 0.484 e. The van der Waals surface area contributed by atoms with Gasteiger partial charge in [0, 0.05) is 22.4 Å². The van der Waals surface area contributed by atoms with Gasteiger partial charge in [0.05, 0.1) is 5.02 Å². The fourth-order valence-corrected chi connectivity index (χ4v) is 2.65. The summed E-state index contributed by atoms with van der Waals surface area (Å²) in [6.07, 6.45) is -0.231. The van der Waals surface area contributed by atoms with Gasteiger partial charge < -0.3 is 10.5 Å². The first kappa shape index (κ1) is 13.3. The third-order valence-corrected chi connectivity index (χ3v) is 3.84. The molecule has 2 aromatic rings. The van der Waals surface area contributed by atoms with Crippen LogP contribution in [0.15, 0.2) is 30.3 Å². The van der Waals surface area contributed by atoms with E-state index in [-0.39, 0.29) is 11.1 Å². The highest BCUT2D eigenvalue weighted by Crippen LogP contribution is 2.29. The van der Waals surface area contributed by atoms with Crippen molar-refractivity contribution >= 4 is 22.9 Å². The van der Waals surface area contributed by atoms with E-state index < -0.39 is 5.82 Å². The van der Waals surface area contributed by atoms with Crippen LogP contribution < -0.4 is 10.5 Å². The lowest BCUT2D eigenvalue weighted by Crippen LogP contribution is -2.17. The van der Waals surface area contributed by atoms with E-state index in [4.69, 9.17) is 22.1 Å². The van der Waals surface area contributed by atoms with Crippen molar-refractivity contribution in [2.45, 2.75) is 13.0 Å². The van der Waals surface area contributed by atoms with Crippen LogP contribution in [-0.2, 0) is 0 Å². The maximum absolute atomic E-state index is 13.0. The van der Waals surface area contributed by atoms with Crippen molar-refractivity contribution in [3.8, 4) is 5.75 Å². The van der Waals surface area contributed by atoms with E-state index in [1.165, 1.54) is 17.0 Å². The van der Waals surface area contributed by atoms with E-state index in [9.17, 15) is 4.39 Å². The van der Waals surface area contributed by atoms with Crippen molar-refractivity contribution in [2.75, 3.05) is 6.54 Å². The summed E-state index contributed by atoms with van der Waals surface area (Å²) in [6, 6.07) is 8.29. The molecule has 0 spiro atoms. The summed E-state index contributed by atoms with van der Waals surface area (Å²) in [5.41, 5.74) is 5.70. The zero-order valence-electron chi connectivity index (χ0n) is 9.82. The number of benzene rings is 1. The predicted octanol–water partition coefficient (Wildman–Crippen LogP) is 3.93. The predicted molar refractivity (Wildman–Crippen MR) is 72.9 cm³/mol. The van der Waals surface area contributed by atoms with Crippen LogP contribution in [0.1, 0.15) is 15.9 Å². The van der Waals surface area contributed by atoms with Crippen LogP contribution in [0.4, 0.5) is 4.39 Å². The van der Waals surface area contributed by atoms with Crippen LogP contribution in [0.5, 0.6) is 5.75 Å². The molecule has 0 aliphatic heterocycles. The smallest absolute Gasteiger partial charge is 0.145 e. The minimum atomic E-state index is -0.458. The number of ether oxygens (including phenoxy) is 1. The second kappa shape index (κ2) is 5.69. The summed E-state index contributed by atoms with van der Waals surface area (Å²) in [5.74, 6) is 0.0585. The molecule has 0 saturated heterocycles. The lowest BCUT2D eigenvalue weighted by molar-refractivity contribution is 0.218. The molecule has 1 atom stereocenters. The molecule has 2 rings (SSSR count). The number of nitrogens with two attached hydrogens (primary N) is 1. The van der Waals surface area contributed by atoms with Crippen molar-refractivity contribution < 1.29 is 9.13 Å². The normalized spacial score (nSPS) is 12.4. The van der Waals surface area contributed by atoms with E-state index in [0.29, 0.717) is 12.3 Å². The molecule has 1 aromatic carbocycles. The molecular weight excluding hydrogens is 273 g/mol. The highest BCUT2D eigenvalue weighted by atomic mass is 35.5. The van der Waals surface area contributed by atoms with Crippen molar-refractivity contribution in [3.63, 3.8) is 0 Å². The molecule has 0 aliphatic rings. The topological polar surface area (TPSA) is 35.2 Å². The standard InChI is InChI=1S/C13H13ClFNOS/c1-8-2-5-13(18-8)12(7-16)17-9-3-4-11(15)10(14)6-9/h2-6,12H,7,16H2,1H3. The Morgan fingerprint density at radius 2 is 2.17 bits per heavy atom. The van der Waals surface area contributed by atoms with Gasteiger partial charge in [-0.2, -0.15) is 0 Å². The Morgan fingerprint density at radius 1 is 1.39 bits per heavy atom. The first-order valence-corrected chi connectivity index (χ1v) is 6.67. The minimum absolute atomic E-state index is 0.0469. The Balaban J connectivity index is 2.17. The Hall–Kier alpha value is -1.10. The van der Waals surface area contributed by atoms with E-state index in [1.807, 2.05) is 19.1 Å². The third-order valence-electron chi connectivity index (χ3n) is 2.46. The minimum Gasteiger partial charge on any atom is -0.484 e. The van der Waals surface area contributed by atoms with Crippen LogP contribution in [0.25, 0.3) is 0 Å². The Morgan fingerprint density at radius 3 is 2.72 bits per heavy atom. The van der Waals surface area contributed by atoms with Crippen LogP contribution in [0.3, 0.4) is 0 Å². The molecule has 0 amide bonds. The van der Waals surface area contributed by atoms with Crippen molar-refractivity contribution in [2.24, 2.45) is 5.73 Å². The SMILES string of the molecule is Cc1ccc(C(CN)Oc2ccc(F)c(Cl)c2)s1. The second-order valence-corrected chi connectivity index (χ2v) is 5.59. The van der Waals surface area contributed by atoms with Gasteiger partial charge in [0.1, 0.15) is 17.7 Å². The molecule has 0 saturated carbocycles. The highest BCUT2D eigenvalue weighted by molar-refractivity contribution is 7.12. The number of thiophene rings is 1. The number of hydrogen-bond donors (Lipinski definition) is 1. The molecule has 18 heavy (non-hydrogen) atoms. The summed E-state index contributed by atoms with van der Waals surface area (Å²) in [5, 5.41) is 0.0469. The average molecular weight is 286 g/mol. The van der Waals surface area contributed by atoms with E-state index in [2.05, 4.69) is 0 Å². The van der Waals surface area contributed by atoms with Crippen molar-refractivity contribution in [1.29, 1.82) is 0 Å². The molecule has 2 N–H and O–H groups in total. The fraction of sp³-hybridized carbons (Fsp3) is 0.231. The lowest BCUT2D eigenvalue weighted by atomic mass is 10.2. The van der Waals surface area contributed by atoms with Gasteiger partial charge in [0.2, 0.25) is 0 Å². The number of rotatable bonds is 4. The fourth-order valence-electron chi connectivity index (χ4n) is 1.56. The van der Waals surface area contributed by atoms with Gasteiger partial charge in [-0.25, -0.2) is 4.39 Å². The van der Waals surface area contributed by atoms with Gasteiger partial charge in [-0.15, -0.1) is 11.3 Å². The van der Waals surface area contributed by atoms with E-state index >= 15 is 0 Å². The summed E-state index contributed by atoms with van der Waals surface area (Å²) in [7, 11) is 0. The van der Waals surface area contributed by atoms with Gasteiger partial charge in [0.15, 0.2) is 0 Å². The first-order chi connectivity index (χ1) is 8.60.